The Labute approximate surface area is 95.2 Å². The van der Waals surface area contributed by atoms with Crippen molar-refractivity contribution in [2.24, 2.45) is 5.41 Å². The van der Waals surface area contributed by atoms with Crippen molar-refractivity contribution in [2.75, 3.05) is 19.6 Å². The Kier molecular flexibility index (Phi) is 4.60. The van der Waals surface area contributed by atoms with Crippen molar-refractivity contribution < 1.29 is 0 Å². The van der Waals surface area contributed by atoms with Crippen LogP contribution in [0.25, 0.3) is 0 Å². The fourth-order valence-corrected chi connectivity index (χ4v) is 2.40. The Hall–Kier alpha value is -0.0800. The van der Waals surface area contributed by atoms with Gasteiger partial charge >= 0.3 is 0 Å². The van der Waals surface area contributed by atoms with E-state index in [0.29, 0.717) is 5.41 Å². The van der Waals surface area contributed by atoms with E-state index in [1.165, 1.54) is 32.2 Å². The highest BCUT2D eigenvalue weighted by molar-refractivity contribution is 4.95. The largest absolute Gasteiger partial charge is 0.314 e. The molecule has 0 aromatic carbocycles. The smallest absolute Gasteiger partial charge is 0.0249 e. The maximum atomic E-state index is 3.64. The first-order valence-corrected chi connectivity index (χ1v) is 6.49. The summed E-state index contributed by atoms with van der Waals surface area (Å²) in [5.41, 5.74) is 0.911. The topological polar surface area (TPSA) is 24.1 Å². The molecular formula is C13H28N2. The predicted molar refractivity (Wildman–Crippen MR) is 67.2 cm³/mol. The zero-order valence-corrected chi connectivity index (χ0v) is 10.9. The fourth-order valence-electron chi connectivity index (χ4n) is 2.40. The van der Waals surface area contributed by atoms with Crippen LogP contribution in [0.5, 0.6) is 0 Å². The lowest BCUT2D eigenvalue weighted by Crippen LogP contribution is -2.48. The van der Waals surface area contributed by atoms with Crippen molar-refractivity contribution in [3.63, 3.8) is 0 Å². The zero-order chi connectivity index (χ0) is 11.4. The average Bonchev–Trinajstić information content (AvgIpc) is 2.85. The average molecular weight is 212 g/mol. The minimum atomic E-state index is 0.233. The zero-order valence-electron chi connectivity index (χ0n) is 10.9. The monoisotopic (exact) mass is 212 g/mol. The molecule has 0 unspecified atom stereocenters. The van der Waals surface area contributed by atoms with E-state index in [9.17, 15) is 0 Å². The lowest BCUT2D eigenvalue weighted by molar-refractivity contribution is 0.342. The van der Waals surface area contributed by atoms with Crippen LogP contribution in [0.3, 0.4) is 0 Å². The van der Waals surface area contributed by atoms with Gasteiger partial charge in [0.2, 0.25) is 0 Å². The van der Waals surface area contributed by atoms with Crippen molar-refractivity contribution in [3.05, 3.63) is 0 Å². The molecule has 0 aromatic rings. The summed E-state index contributed by atoms with van der Waals surface area (Å²) in [7, 11) is 0. The van der Waals surface area contributed by atoms with E-state index in [1.807, 2.05) is 0 Å². The molecular weight excluding hydrogens is 184 g/mol. The minimum Gasteiger partial charge on any atom is -0.314 e. The molecule has 1 saturated carbocycles. The lowest BCUT2D eigenvalue weighted by Gasteiger charge is -2.27. The van der Waals surface area contributed by atoms with E-state index < -0.39 is 0 Å². The standard InChI is InChI=1S/C13H28N2/c1-5-7-13(8-9-13)11-14-10-12(3,4)15-6-2/h14-15H,5-11H2,1-4H3. The summed E-state index contributed by atoms with van der Waals surface area (Å²) in [6.07, 6.45) is 5.62. The van der Waals surface area contributed by atoms with Gasteiger partial charge in [-0.15, -0.1) is 0 Å². The van der Waals surface area contributed by atoms with Crippen LogP contribution in [0.4, 0.5) is 0 Å². The van der Waals surface area contributed by atoms with Crippen LogP contribution in [-0.2, 0) is 0 Å². The summed E-state index contributed by atoms with van der Waals surface area (Å²) in [4.78, 5) is 0. The third-order valence-corrected chi connectivity index (χ3v) is 3.46. The molecule has 2 N–H and O–H groups in total. The van der Waals surface area contributed by atoms with E-state index >= 15 is 0 Å². The number of rotatable bonds is 8. The van der Waals surface area contributed by atoms with Gasteiger partial charge in [-0.1, -0.05) is 20.3 Å². The molecule has 90 valence electrons. The Morgan fingerprint density at radius 2 is 1.87 bits per heavy atom. The van der Waals surface area contributed by atoms with Crippen LogP contribution in [0.2, 0.25) is 0 Å². The summed E-state index contributed by atoms with van der Waals surface area (Å²) in [5.74, 6) is 0. The molecule has 0 atom stereocenters. The van der Waals surface area contributed by atoms with Crippen molar-refractivity contribution in [3.8, 4) is 0 Å². The molecule has 0 heterocycles. The summed E-state index contributed by atoms with van der Waals surface area (Å²) >= 11 is 0. The van der Waals surface area contributed by atoms with Crippen molar-refractivity contribution in [2.45, 2.75) is 58.9 Å². The van der Waals surface area contributed by atoms with Gasteiger partial charge in [-0.3, -0.25) is 0 Å². The highest BCUT2D eigenvalue weighted by atomic mass is 15.0. The Bertz CT molecular complexity index is 175. The summed E-state index contributed by atoms with van der Waals surface area (Å²) < 4.78 is 0. The van der Waals surface area contributed by atoms with Crippen LogP contribution in [0.15, 0.2) is 0 Å². The first-order chi connectivity index (χ1) is 7.04. The van der Waals surface area contributed by atoms with Crippen LogP contribution in [0, 0.1) is 5.41 Å². The molecule has 15 heavy (non-hydrogen) atoms. The molecule has 1 aliphatic carbocycles. The first kappa shape index (κ1) is 13.0. The Balaban J connectivity index is 2.15. The van der Waals surface area contributed by atoms with Gasteiger partial charge in [0.25, 0.3) is 0 Å². The maximum Gasteiger partial charge on any atom is 0.0249 e. The van der Waals surface area contributed by atoms with Crippen molar-refractivity contribution >= 4 is 0 Å². The molecule has 1 rings (SSSR count). The molecule has 2 heteroatoms. The minimum absolute atomic E-state index is 0.233. The molecule has 0 spiro atoms. The quantitative estimate of drug-likeness (QED) is 0.646. The third kappa shape index (κ3) is 4.52. The van der Waals surface area contributed by atoms with E-state index in [0.717, 1.165) is 13.1 Å². The molecule has 1 aliphatic rings. The molecule has 0 saturated heterocycles. The second-order valence-electron chi connectivity index (χ2n) is 5.77. The number of likely N-dealkylation sites (N-methyl/N-ethyl adjacent to an activating group) is 1. The van der Waals surface area contributed by atoms with Crippen LogP contribution < -0.4 is 10.6 Å². The van der Waals surface area contributed by atoms with Gasteiger partial charge in [-0.2, -0.15) is 0 Å². The lowest BCUT2D eigenvalue weighted by atomic mass is 9.99. The summed E-state index contributed by atoms with van der Waals surface area (Å²) in [6.45, 7) is 12.3. The van der Waals surface area contributed by atoms with Crippen LogP contribution in [0.1, 0.15) is 53.4 Å². The van der Waals surface area contributed by atoms with Gasteiger partial charge in [0.05, 0.1) is 0 Å². The van der Waals surface area contributed by atoms with Gasteiger partial charge in [0.1, 0.15) is 0 Å². The highest BCUT2D eigenvalue weighted by Crippen LogP contribution is 2.48. The molecule has 2 nitrogen and oxygen atoms in total. The Morgan fingerprint density at radius 1 is 1.20 bits per heavy atom. The first-order valence-electron chi connectivity index (χ1n) is 6.49. The van der Waals surface area contributed by atoms with Gasteiger partial charge < -0.3 is 10.6 Å². The van der Waals surface area contributed by atoms with E-state index in [-0.39, 0.29) is 5.54 Å². The second kappa shape index (κ2) is 5.31. The SMILES string of the molecule is CCCC1(CNCC(C)(C)NCC)CC1. The van der Waals surface area contributed by atoms with Crippen molar-refractivity contribution in [1.82, 2.24) is 10.6 Å². The van der Waals surface area contributed by atoms with Crippen molar-refractivity contribution in [1.29, 1.82) is 0 Å². The molecule has 0 aromatic heterocycles. The Morgan fingerprint density at radius 3 is 2.33 bits per heavy atom. The maximum absolute atomic E-state index is 3.64. The van der Waals surface area contributed by atoms with E-state index in [4.69, 9.17) is 0 Å². The number of hydrogen-bond donors (Lipinski definition) is 2. The second-order valence-corrected chi connectivity index (χ2v) is 5.77. The fraction of sp³-hybridized carbons (Fsp3) is 1.00. The highest BCUT2D eigenvalue weighted by Gasteiger charge is 2.40. The van der Waals surface area contributed by atoms with E-state index in [1.54, 1.807) is 0 Å². The molecule has 0 radical (unpaired) electrons. The summed E-state index contributed by atoms with van der Waals surface area (Å²) in [6, 6.07) is 0. The predicted octanol–water partition coefficient (Wildman–Crippen LogP) is 2.54. The van der Waals surface area contributed by atoms with Gasteiger partial charge in [0, 0.05) is 18.6 Å². The van der Waals surface area contributed by atoms with Crippen LogP contribution in [-0.4, -0.2) is 25.2 Å². The number of nitrogens with one attached hydrogen (secondary N) is 2. The van der Waals surface area contributed by atoms with Crippen LogP contribution >= 0.6 is 0 Å². The van der Waals surface area contributed by atoms with Gasteiger partial charge in [-0.05, 0) is 45.1 Å². The third-order valence-electron chi connectivity index (χ3n) is 3.46. The normalized spacial score (nSPS) is 19.2. The molecule has 0 amide bonds. The van der Waals surface area contributed by atoms with Gasteiger partial charge in [0.15, 0.2) is 0 Å². The van der Waals surface area contributed by atoms with E-state index in [2.05, 4.69) is 38.3 Å². The number of hydrogen-bond acceptors (Lipinski definition) is 2. The molecule has 0 bridgehead atoms. The molecule has 0 aliphatic heterocycles. The molecule has 1 fully saturated rings. The summed E-state index contributed by atoms with van der Waals surface area (Å²) in [5, 5.41) is 7.13. The van der Waals surface area contributed by atoms with Gasteiger partial charge in [-0.25, -0.2) is 0 Å².